The second-order valence-corrected chi connectivity index (χ2v) is 9.82. The summed E-state index contributed by atoms with van der Waals surface area (Å²) in [6, 6.07) is 3.81. The molecule has 1 saturated heterocycles. The molecular weight excluding hydrogens is 501 g/mol. The second kappa shape index (κ2) is 10.2. The van der Waals surface area contributed by atoms with Gasteiger partial charge in [-0.15, -0.1) is 0 Å². The van der Waals surface area contributed by atoms with Crippen LogP contribution >= 0.6 is 34.4 Å². The number of hydrogen-bond acceptors (Lipinski definition) is 5. The summed E-state index contributed by atoms with van der Waals surface area (Å²) in [6.07, 6.45) is 8.62. The predicted molar refractivity (Wildman–Crippen MR) is 125 cm³/mol. The zero-order chi connectivity index (χ0) is 21.0. The molecule has 2 aliphatic rings. The number of halogens is 1. The zero-order valence-corrected chi connectivity index (χ0v) is 20.2. The van der Waals surface area contributed by atoms with E-state index >= 15 is 0 Å². The Kier molecular flexibility index (Phi) is 7.90. The fraction of sp³-hybridized carbons (Fsp3) is 0.545. The molecule has 0 aromatic heterocycles. The maximum atomic E-state index is 12.8. The number of ether oxygens (including phenoxy) is 2. The minimum absolute atomic E-state index is 0.0829. The first-order valence-corrected chi connectivity index (χ1v) is 12.1. The highest BCUT2D eigenvalue weighted by atomic mass is 127. The molecule has 0 unspecified atom stereocenters. The summed E-state index contributed by atoms with van der Waals surface area (Å²) in [5, 5.41) is -0.162. The second-order valence-electron chi connectivity index (χ2n) is 7.67. The fourth-order valence-electron chi connectivity index (χ4n) is 3.66. The third kappa shape index (κ3) is 5.48. The third-order valence-electron chi connectivity index (χ3n) is 5.48. The van der Waals surface area contributed by atoms with Crippen LogP contribution in [0.1, 0.15) is 57.9 Å². The van der Waals surface area contributed by atoms with E-state index in [1.54, 1.807) is 13.2 Å². The maximum Gasteiger partial charge on any atom is 0.293 e. The summed E-state index contributed by atoms with van der Waals surface area (Å²) < 4.78 is 12.4. The Balaban J connectivity index is 1.79. The minimum Gasteiger partial charge on any atom is -0.493 e. The number of thioether (sulfide) groups is 1. The molecule has 1 saturated carbocycles. The van der Waals surface area contributed by atoms with Gasteiger partial charge in [-0.3, -0.25) is 14.5 Å². The van der Waals surface area contributed by atoms with Crippen LogP contribution in [0.4, 0.5) is 4.79 Å². The molecule has 1 aliphatic heterocycles. The molecule has 0 bridgehead atoms. The molecule has 1 aliphatic carbocycles. The van der Waals surface area contributed by atoms with Gasteiger partial charge in [-0.1, -0.05) is 26.2 Å². The van der Waals surface area contributed by atoms with Gasteiger partial charge in [-0.25, -0.2) is 0 Å². The molecule has 1 atom stereocenters. The summed E-state index contributed by atoms with van der Waals surface area (Å²) in [5.74, 6) is 1.60. The summed E-state index contributed by atoms with van der Waals surface area (Å²) in [5.41, 5.74) is 0.825. The van der Waals surface area contributed by atoms with Gasteiger partial charge in [0.05, 0.1) is 21.7 Å². The quantitative estimate of drug-likeness (QED) is 0.316. The average molecular weight is 529 g/mol. The SMILES string of the molecule is CC[C@H](C)Oc1c(I)cc(/C=C2/SC(=O)N(CC3CCCCC3)C2=O)cc1OC. The van der Waals surface area contributed by atoms with E-state index in [0.29, 0.717) is 28.9 Å². The van der Waals surface area contributed by atoms with Crippen molar-refractivity contribution in [3.63, 3.8) is 0 Å². The first-order chi connectivity index (χ1) is 13.9. The lowest BCUT2D eigenvalue weighted by atomic mass is 9.89. The van der Waals surface area contributed by atoms with Crippen molar-refractivity contribution in [2.75, 3.05) is 13.7 Å². The number of benzene rings is 1. The summed E-state index contributed by atoms with van der Waals surface area (Å²) in [6.45, 7) is 4.64. The molecule has 5 nitrogen and oxygen atoms in total. The predicted octanol–water partition coefficient (Wildman–Crippen LogP) is 6.09. The van der Waals surface area contributed by atoms with Crippen molar-refractivity contribution >= 4 is 51.6 Å². The van der Waals surface area contributed by atoms with Crippen molar-refractivity contribution in [3.8, 4) is 11.5 Å². The summed E-state index contributed by atoms with van der Waals surface area (Å²) in [7, 11) is 1.61. The lowest BCUT2D eigenvalue weighted by Gasteiger charge is -2.25. The largest absolute Gasteiger partial charge is 0.493 e. The van der Waals surface area contributed by atoms with Crippen molar-refractivity contribution in [1.29, 1.82) is 0 Å². The van der Waals surface area contributed by atoms with Gasteiger partial charge < -0.3 is 9.47 Å². The van der Waals surface area contributed by atoms with Crippen molar-refractivity contribution < 1.29 is 19.1 Å². The average Bonchev–Trinajstić information content (AvgIpc) is 2.97. The number of methoxy groups -OCH3 is 1. The molecule has 3 rings (SSSR count). The van der Waals surface area contributed by atoms with Crippen LogP contribution in [-0.4, -0.2) is 35.8 Å². The number of carbonyl (C=O) groups excluding carboxylic acids is 2. The molecule has 0 N–H and O–H groups in total. The van der Waals surface area contributed by atoms with E-state index in [4.69, 9.17) is 9.47 Å². The van der Waals surface area contributed by atoms with Crippen LogP contribution in [0.5, 0.6) is 11.5 Å². The Morgan fingerprint density at radius 1 is 1.28 bits per heavy atom. The molecule has 0 spiro atoms. The van der Waals surface area contributed by atoms with Gasteiger partial charge in [0.1, 0.15) is 0 Å². The molecule has 29 heavy (non-hydrogen) atoms. The monoisotopic (exact) mass is 529 g/mol. The highest BCUT2D eigenvalue weighted by molar-refractivity contribution is 14.1. The van der Waals surface area contributed by atoms with Gasteiger partial charge in [0.2, 0.25) is 0 Å². The highest BCUT2D eigenvalue weighted by Crippen LogP contribution is 2.38. The Hall–Kier alpha value is -1.22. The smallest absolute Gasteiger partial charge is 0.293 e. The molecule has 0 radical (unpaired) electrons. The highest BCUT2D eigenvalue weighted by Gasteiger charge is 2.36. The van der Waals surface area contributed by atoms with Crippen molar-refractivity contribution in [2.45, 2.75) is 58.5 Å². The van der Waals surface area contributed by atoms with E-state index in [-0.39, 0.29) is 17.3 Å². The van der Waals surface area contributed by atoms with E-state index in [1.807, 2.05) is 19.1 Å². The van der Waals surface area contributed by atoms with Gasteiger partial charge in [0.15, 0.2) is 11.5 Å². The molecule has 1 aromatic rings. The molecule has 1 aromatic carbocycles. The van der Waals surface area contributed by atoms with E-state index in [9.17, 15) is 9.59 Å². The van der Waals surface area contributed by atoms with Crippen LogP contribution in [-0.2, 0) is 4.79 Å². The van der Waals surface area contributed by atoms with Crippen LogP contribution in [0.15, 0.2) is 17.0 Å². The lowest BCUT2D eigenvalue weighted by molar-refractivity contribution is -0.123. The molecule has 1 heterocycles. The van der Waals surface area contributed by atoms with Gasteiger partial charge in [0.25, 0.3) is 11.1 Å². The van der Waals surface area contributed by atoms with E-state index in [2.05, 4.69) is 29.5 Å². The summed E-state index contributed by atoms with van der Waals surface area (Å²) >= 11 is 3.24. The first-order valence-electron chi connectivity index (χ1n) is 10.2. The Bertz CT molecular complexity index is 804. The fourth-order valence-corrected chi connectivity index (χ4v) is 5.26. The molecular formula is C22H28INO4S. The van der Waals surface area contributed by atoms with E-state index in [0.717, 1.165) is 40.2 Å². The topological polar surface area (TPSA) is 55.8 Å². The van der Waals surface area contributed by atoms with E-state index in [1.165, 1.54) is 24.2 Å². The van der Waals surface area contributed by atoms with Gasteiger partial charge >= 0.3 is 0 Å². The number of amides is 2. The van der Waals surface area contributed by atoms with Crippen LogP contribution in [0, 0.1) is 9.49 Å². The number of rotatable bonds is 7. The summed E-state index contributed by atoms with van der Waals surface area (Å²) in [4.78, 5) is 27.2. The number of hydrogen-bond donors (Lipinski definition) is 0. The Morgan fingerprint density at radius 2 is 2.00 bits per heavy atom. The van der Waals surface area contributed by atoms with Gasteiger partial charge in [0, 0.05) is 6.54 Å². The lowest BCUT2D eigenvalue weighted by Crippen LogP contribution is -2.34. The van der Waals surface area contributed by atoms with Crippen molar-refractivity contribution in [1.82, 2.24) is 4.90 Å². The van der Waals surface area contributed by atoms with Crippen molar-refractivity contribution in [2.24, 2.45) is 5.92 Å². The van der Waals surface area contributed by atoms with Crippen LogP contribution in [0.3, 0.4) is 0 Å². The first kappa shape index (κ1) is 22.5. The van der Waals surface area contributed by atoms with Crippen molar-refractivity contribution in [3.05, 3.63) is 26.2 Å². The molecule has 2 fully saturated rings. The van der Waals surface area contributed by atoms with Crippen LogP contribution in [0.2, 0.25) is 0 Å². The zero-order valence-electron chi connectivity index (χ0n) is 17.2. The van der Waals surface area contributed by atoms with Gasteiger partial charge in [-0.2, -0.15) is 0 Å². The van der Waals surface area contributed by atoms with Gasteiger partial charge in [-0.05, 0) is 90.2 Å². The maximum absolute atomic E-state index is 12.8. The molecule has 158 valence electrons. The van der Waals surface area contributed by atoms with E-state index < -0.39 is 0 Å². The Morgan fingerprint density at radius 3 is 2.66 bits per heavy atom. The number of imide groups is 1. The normalized spacial score (nSPS) is 20.4. The molecule has 2 amide bonds. The third-order valence-corrected chi connectivity index (χ3v) is 7.19. The van der Waals surface area contributed by atoms with Crippen LogP contribution < -0.4 is 9.47 Å². The van der Waals surface area contributed by atoms with Crippen LogP contribution in [0.25, 0.3) is 6.08 Å². The molecule has 7 heteroatoms. The minimum atomic E-state index is -0.181. The number of carbonyl (C=O) groups is 2. The standard InChI is InChI=1S/C22H28INO4S/c1-4-14(2)28-20-17(23)10-16(11-18(20)27-3)12-19-21(25)24(22(26)29-19)13-15-8-6-5-7-9-15/h10-12,14-15H,4-9,13H2,1-3H3/b19-12+/t14-/m0/s1. The Labute approximate surface area is 190 Å². The number of nitrogens with zero attached hydrogens (tertiary/aromatic N) is 1.